The van der Waals surface area contributed by atoms with Gasteiger partial charge in [-0.05, 0) is 49.0 Å². The molecule has 35 heavy (non-hydrogen) atoms. The van der Waals surface area contributed by atoms with Gasteiger partial charge in [-0.1, -0.05) is 13.8 Å². The van der Waals surface area contributed by atoms with Crippen molar-refractivity contribution in [2.75, 3.05) is 18.0 Å². The standard InChI is InChI=1S/C25H29N5O4S/c1-15(2)19-14-35-21(27-19)7-5-16-9-11-30-20(12-16)28-24(18(25(30)34)6-8-22(31)32)29-10-3-4-17(13-29)23(26)33/h6,8-9,11-12,14-15,17H,3-5,7,10,13H2,1-2H3,(H2,26,33)(H,31,32). The second-order valence-electron chi connectivity index (χ2n) is 9.10. The summed E-state index contributed by atoms with van der Waals surface area (Å²) in [4.78, 5) is 47.6. The van der Waals surface area contributed by atoms with E-state index in [1.165, 1.54) is 10.5 Å². The van der Waals surface area contributed by atoms with Gasteiger partial charge in [-0.15, -0.1) is 11.3 Å². The maximum atomic E-state index is 13.3. The van der Waals surface area contributed by atoms with E-state index < -0.39 is 5.97 Å². The Kier molecular flexibility index (Phi) is 7.30. The molecule has 1 saturated heterocycles. The number of carboxylic acids is 1. The molecule has 0 radical (unpaired) electrons. The van der Waals surface area contributed by atoms with Gasteiger partial charge >= 0.3 is 5.97 Å². The Balaban J connectivity index is 1.69. The molecular weight excluding hydrogens is 466 g/mol. The Labute approximate surface area is 206 Å². The zero-order valence-electron chi connectivity index (χ0n) is 19.8. The van der Waals surface area contributed by atoms with Crippen molar-refractivity contribution >= 4 is 40.8 Å². The van der Waals surface area contributed by atoms with E-state index in [0.29, 0.717) is 36.9 Å². The van der Waals surface area contributed by atoms with E-state index in [4.69, 9.17) is 20.8 Å². The number of thiazole rings is 1. The summed E-state index contributed by atoms with van der Waals surface area (Å²) < 4.78 is 1.42. The average molecular weight is 496 g/mol. The number of hydrogen-bond acceptors (Lipinski definition) is 7. The average Bonchev–Trinajstić information content (AvgIpc) is 3.31. The summed E-state index contributed by atoms with van der Waals surface area (Å²) >= 11 is 1.65. The molecule has 4 rings (SSSR count). The first-order valence-electron chi connectivity index (χ1n) is 11.7. The summed E-state index contributed by atoms with van der Waals surface area (Å²) in [5, 5.41) is 12.3. The van der Waals surface area contributed by atoms with Crippen molar-refractivity contribution in [3.05, 3.63) is 62.0 Å². The normalized spacial score (nSPS) is 16.4. The molecule has 0 spiro atoms. The highest BCUT2D eigenvalue weighted by molar-refractivity contribution is 7.09. The zero-order chi connectivity index (χ0) is 25.1. The van der Waals surface area contributed by atoms with E-state index in [1.807, 2.05) is 17.0 Å². The van der Waals surface area contributed by atoms with Gasteiger partial charge < -0.3 is 15.7 Å². The number of fused-ring (bicyclic) bond motifs is 1. The van der Waals surface area contributed by atoms with Gasteiger partial charge in [0.05, 0.1) is 22.2 Å². The fourth-order valence-electron chi connectivity index (χ4n) is 4.24. The molecule has 1 aliphatic heterocycles. The van der Waals surface area contributed by atoms with Crippen LogP contribution in [0.15, 0.2) is 34.6 Å². The molecule has 0 bridgehead atoms. The van der Waals surface area contributed by atoms with Crippen LogP contribution in [0.5, 0.6) is 0 Å². The molecule has 1 atom stereocenters. The maximum Gasteiger partial charge on any atom is 0.328 e. The lowest BCUT2D eigenvalue weighted by atomic mass is 9.97. The molecule has 1 fully saturated rings. The van der Waals surface area contributed by atoms with Crippen molar-refractivity contribution in [3.63, 3.8) is 0 Å². The van der Waals surface area contributed by atoms with E-state index in [2.05, 4.69) is 19.2 Å². The van der Waals surface area contributed by atoms with Gasteiger partial charge in [0.2, 0.25) is 5.91 Å². The predicted molar refractivity (Wildman–Crippen MR) is 136 cm³/mol. The molecule has 0 aromatic carbocycles. The van der Waals surface area contributed by atoms with E-state index in [9.17, 15) is 14.4 Å². The van der Waals surface area contributed by atoms with Crippen molar-refractivity contribution in [2.45, 2.75) is 45.4 Å². The van der Waals surface area contributed by atoms with Crippen molar-refractivity contribution in [3.8, 4) is 0 Å². The highest BCUT2D eigenvalue weighted by Gasteiger charge is 2.27. The summed E-state index contributed by atoms with van der Waals surface area (Å²) in [5.74, 6) is -1.13. The smallest absolute Gasteiger partial charge is 0.328 e. The van der Waals surface area contributed by atoms with Crippen molar-refractivity contribution in [1.29, 1.82) is 0 Å². The van der Waals surface area contributed by atoms with Crippen LogP contribution in [0.1, 0.15) is 54.4 Å². The Morgan fingerprint density at radius 1 is 1.31 bits per heavy atom. The molecule has 1 aliphatic rings. The monoisotopic (exact) mass is 495 g/mol. The number of carboxylic acid groups (broad SMARTS) is 1. The van der Waals surface area contributed by atoms with Crippen molar-refractivity contribution in [1.82, 2.24) is 14.4 Å². The number of nitrogens with two attached hydrogens (primary N) is 1. The number of carbonyl (C=O) groups is 2. The minimum absolute atomic E-state index is 0.173. The lowest BCUT2D eigenvalue weighted by Gasteiger charge is -2.33. The molecular formula is C25H29N5O4S. The summed E-state index contributed by atoms with van der Waals surface area (Å²) in [6.45, 7) is 5.18. The van der Waals surface area contributed by atoms with Gasteiger partial charge in [0.1, 0.15) is 11.5 Å². The lowest BCUT2D eigenvalue weighted by molar-refractivity contribution is -0.131. The third-order valence-electron chi connectivity index (χ3n) is 6.21. The van der Waals surface area contributed by atoms with Gasteiger partial charge in [0.15, 0.2) is 0 Å². The van der Waals surface area contributed by atoms with Crippen LogP contribution in [-0.4, -0.2) is 44.4 Å². The molecule has 184 valence electrons. The summed E-state index contributed by atoms with van der Waals surface area (Å²) in [6.07, 6.45) is 6.82. The fourth-order valence-corrected chi connectivity index (χ4v) is 5.20. The number of piperidine rings is 1. The van der Waals surface area contributed by atoms with Crippen LogP contribution in [0.2, 0.25) is 0 Å². The van der Waals surface area contributed by atoms with E-state index in [0.717, 1.165) is 41.6 Å². The Morgan fingerprint density at radius 3 is 2.80 bits per heavy atom. The minimum Gasteiger partial charge on any atom is -0.478 e. The quantitative estimate of drug-likeness (QED) is 0.460. The number of carbonyl (C=O) groups excluding carboxylic acids is 1. The molecule has 0 saturated carbocycles. The van der Waals surface area contributed by atoms with Crippen LogP contribution in [0, 0.1) is 5.92 Å². The summed E-state index contributed by atoms with van der Waals surface area (Å²) in [7, 11) is 0. The zero-order valence-corrected chi connectivity index (χ0v) is 20.6. The van der Waals surface area contributed by atoms with Crippen molar-refractivity contribution < 1.29 is 14.7 Å². The molecule has 10 heteroatoms. The molecule has 9 nitrogen and oxygen atoms in total. The van der Waals surface area contributed by atoms with E-state index >= 15 is 0 Å². The van der Waals surface area contributed by atoms with Gasteiger partial charge in [0.25, 0.3) is 5.56 Å². The number of anilines is 1. The van der Waals surface area contributed by atoms with Gasteiger partial charge in [0, 0.05) is 37.2 Å². The van der Waals surface area contributed by atoms with Gasteiger partial charge in [-0.3, -0.25) is 14.0 Å². The van der Waals surface area contributed by atoms with Crippen LogP contribution in [0.25, 0.3) is 11.7 Å². The molecule has 3 aromatic heterocycles. The molecule has 0 aliphatic carbocycles. The van der Waals surface area contributed by atoms with E-state index in [1.54, 1.807) is 17.5 Å². The first kappa shape index (κ1) is 24.6. The van der Waals surface area contributed by atoms with Crippen molar-refractivity contribution in [2.24, 2.45) is 11.7 Å². The van der Waals surface area contributed by atoms with Gasteiger partial charge in [-0.2, -0.15) is 0 Å². The second-order valence-corrected chi connectivity index (χ2v) is 10.0. The Hall–Kier alpha value is -3.53. The third kappa shape index (κ3) is 5.59. The molecule has 1 amide bonds. The first-order valence-corrected chi connectivity index (χ1v) is 12.6. The SMILES string of the molecule is CC(C)c1csc(CCc2ccn3c(=O)c(C=CC(=O)O)c(N4CCCC(C(N)=O)C4)nc3c2)n1. The lowest BCUT2D eigenvalue weighted by Crippen LogP contribution is -2.42. The highest BCUT2D eigenvalue weighted by atomic mass is 32.1. The number of aromatic nitrogens is 3. The number of nitrogens with zero attached hydrogens (tertiary/aromatic N) is 4. The number of pyridine rings is 1. The number of rotatable bonds is 8. The number of aliphatic carboxylic acids is 1. The van der Waals surface area contributed by atoms with Gasteiger partial charge in [-0.25, -0.2) is 14.8 Å². The third-order valence-corrected chi connectivity index (χ3v) is 7.14. The summed E-state index contributed by atoms with van der Waals surface area (Å²) in [5.41, 5.74) is 7.93. The second kappa shape index (κ2) is 10.4. The first-order chi connectivity index (χ1) is 16.7. The number of amides is 1. The molecule has 3 aromatic rings. The molecule has 1 unspecified atom stereocenters. The molecule has 3 N–H and O–H groups in total. The number of primary amides is 1. The number of hydrogen-bond donors (Lipinski definition) is 2. The predicted octanol–water partition coefficient (Wildman–Crippen LogP) is 2.86. The summed E-state index contributed by atoms with van der Waals surface area (Å²) in [6, 6.07) is 3.75. The Morgan fingerprint density at radius 2 is 2.11 bits per heavy atom. The minimum atomic E-state index is -1.16. The number of aryl methyl sites for hydroxylation is 2. The Bertz CT molecular complexity index is 1340. The topological polar surface area (TPSA) is 131 Å². The van der Waals surface area contributed by atoms with E-state index in [-0.39, 0.29) is 22.9 Å². The fraction of sp³-hybridized carbons (Fsp3) is 0.400. The largest absolute Gasteiger partial charge is 0.478 e. The maximum absolute atomic E-state index is 13.3. The van der Waals surface area contributed by atoms with Crippen LogP contribution >= 0.6 is 11.3 Å². The van der Waals surface area contributed by atoms with Crippen LogP contribution in [0.3, 0.4) is 0 Å². The highest BCUT2D eigenvalue weighted by Crippen LogP contribution is 2.25. The van der Waals surface area contributed by atoms with Crippen LogP contribution < -0.4 is 16.2 Å². The molecule has 4 heterocycles. The van der Waals surface area contributed by atoms with Crippen LogP contribution in [0.4, 0.5) is 5.82 Å². The van der Waals surface area contributed by atoms with Crippen LogP contribution in [-0.2, 0) is 22.4 Å².